The molecule has 3 rings (SSSR count). The van der Waals surface area contributed by atoms with Crippen molar-refractivity contribution in [1.29, 1.82) is 0 Å². The second kappa shape index (κ2) is 8.33. The first kappa shape index (κ1) is 17.1. The number of aromatic nitrogens is 1. The van der Waals surface area contributed by atoms with Crippen LogP contribution in [0.4, 0.5) is 4.79 Å². The van der Waals surface area contributed by atoms with Crippen LogP contribution in [0.3, 0.4) is 0 Å². The molecule has 2 atom stereocenters. The molecule has 0 radical (unpaired) electrons. The smallest absolute Gasteiger partial charge is 0.286 e. The summed E-state index contributed by atoms with van der Waals surface area (Å²) >= 11 is 0.702. The number of carbonyl (C=O) groups excluding carboxylic acids is 2. The Balaban J connectivity index is 1.50. The van der Waals surface area contributed by atoms with Gasteiger partial charge in [-0.05, 0) is 42.7 Å². The van der Waals surface area contributed by atoms with Crippen molar-refractivity contribution >= 4 is 22.9 Å². The molecule has 1 aliphatic heterocycles. The first-order chi connectivity index (χ1) is 12.9. The zero-order valence-electron chi connectivity index (χ0n) is 15.3. The molecule has 0 spiro atoms. The van der Waals surface area contributed by atoms with Gasteiger partial charge in [-0.25, -0.2) is 0 Å². The monoisotopic (exact) mass is 373 g/mol. The summed E-state index contributed by atoms with van der Waals surface area (Å²) in [7, 11) is 0. The number of thioether (sulfide) groups is 1. The van der Waals surface area contributed by atoms with E-state index in [0.717, 1.165) is 16.8 Å². The number of ether oxygens (including phenoxy) is 1. The van der Waals surface area contributed by atoms with Crippen LogP contribution in [-0.4, -0.2) is 33.1 Å². The molecule has 2 aromatic rings. The quantitative estimate of drug-likeness (QED) is 0.776. The SMILES string of the molecule is [2H]C1(Cc2ccc(OCCc3ccc(C(C)O)cn3)cc2)SC(=O)NC1=O. The van der Waals surface area contributed by atoms with Crippen molar-refractivity contribution < 1.29 is 20.8 Å². The molecule has 1 aromatic heterocycles. The van der Waals surface area contributed by atoms with Crippen molar-refractivity contribution in [1.82, 2.24) is 10.3 Å². The molecule has 2 amide bonds. The van der Waals surface area contributed by atoms with E-state index in [-0.39, 0.29) is 6.42 Å². The van der Waals surface area contributed by atoms with Crippen LogP contribution >= 0.6 is 11.8 Å². The lowest BCUT2D eigenvalue weighted by atomic mass is 10.1. The van der Waals surface area contributed by atoms with E-state index in [0.29, 0.717) is 30.5 Å². The van der Waals surface area contributed by atoms with Gasteiger partial charge in [0.1, 0.15) is 5.75 Å². The zero-order valence-corrected chi connectivity index (χ0v) is 15.1. The molecule has 1 aromatic carbocycles. The Morgan fingerprint density at radius 3 is 2.65 bits per heavy atom. The number of amides is 2. The molecule has 0 aliphatic carbocycles. The third kappa shape index (κ3) is 4.83. The van der Waals surface area contributed by atoms with E-state index >= 15 is 0 Å². The zero-order chi connectivity index (χ0) is 19.4. The fourth-order valence-corrected chi connectivity index (χ4v) is 3.21. The standard InChI is InChI=1S/C19H20N2O4S/c1-12(22)14-4-5-15(20-11-14)8-9-25-16-6-2-13(3-7-16)10-17-18(23)21-19(24)26-17/h2-7,11-12,17,22H,8-10H2,1H3,(H,21,23,24)/i17D. The molecule has 136 valence electrons. The fourth-order valence-electron chi connectivity index (χ4n) is 2.46. The Bertz CT molecular complexity index is 827. The minimum Gasteiger partial charge on any atom is -0.493 e. The maximum Gasteiger partial charge on any atom is 0.286 e. The Kier molecular flexibility index (Phi) is 5.47. The van der Waals surface area contributed by atoms with E-state index in [1.165, 1.54) is 0 Å². The molecule has 7 heteroatoms. The third-order valence-electron chi connectivity index (χ3n) is 3.93. The van der Waals surface area contributed by atoms with Crippen molar-refractivity contribution in [3.63, 3.8) is 0 Å². The number of hydrogen-bond acceptors (Lipinski definition) is 6. The van der Waals surface area contributed by atoms with Crippen LogP contribution in [0.5, 0.6) is 5.75 Å². The highest BCUT2D eigenvalue weighted by atomic mass is 32.2. The number of nitrogens with zero attached hydrogens (tertiary/aromatic N) is 1. The number of pyridine rings is 1. The van der Waals surface area contributed by atoms with Crippen molar-refractivity contribution in [2.24, 2.45) is 0 Å². The highest BCUT2D eigenvalue weighted by Crippen LogP contribution is 2.24. The molecule has 0 saturated carbocycles. The number of imide groups is 1. The maximum absolute atomic E-state index is 11.7. The van der Waals surface area contributed by atoms with Crippen LogP contribution in [-0.2, 0) is 17.6 Å². The number of nitrogens with one attached hydrogen (secondary N) is 1. The second-order valence-corrected chi connectivity index (χ2v) is 7.01. The summed E-state index contributed by atoms with van der Waals surface area (Å²) in [5.41, 5.74) is 2.43. The summed E-state index contributed by atoms with van der Waals surface area (Å²) in [6.07, 6.45) is 1.91. The van der Waals surface area contributed by atoms with Gasteiger partial charge in [0.15, 0.2) is 0 Å². The average molecular weight is 373 g/mol. The van der Waals surface area contributed by atoms with E-state index in [1.54, 1.807) is 37.4 Å². The van der Waals surface area contributed by atoms with Gasteiger partial charge in [-0.15, -0.1) is 0 Å². The summed E-state index contributed by atoms with van der Waals surface area (Å²) in [5.74, 6) is 0.102. The van der Waals surface area contributed by atoms with Crippen LogP contribution in [0.15, 0.2) is 42.6 Å². The Hall–Kier alpha value is -2.38. The summed E-state index contributed by atoms with van der Waals surface area (Å²) in [5, 5.41) is 9.63. The van der Waals surface area contributed by atoms with E-state index < -0.39 is 22.5 Å². The summed E-state index contributed by atoms with van der Waals surface area (Å²) in [4.78, 5) is 27.3. The van der Waals surface area contributed by atoms with Crippen molar-refractivity contribution in [2.75, 3.05) is 6.61 Å². The molecule has 2 unspecified atom stereocenters. The van der Waals surface area contributed by atoms with Gasteiger partial charge in [-0.3, -0.25) is 19.9 Å². The molecule has 2 N–H and O–H groups in total. The largest absolute Gasteiger partial charge is 0.493 e. The molecule has 0 bridgehead atoms. The number of rotatable bonds is 7. The first-order valence-corrected chi connectivity index (χ1v) is 9.06. The van der Waals surface area contributed by atoms with Crippen molar-refractivity contribution in [3.05, 3.63) is 59.4 Å². The number of benzene rings is 1. The molecular formula is C19H20N2O4S. The molecular weight excluding hydrogens is 352 g/mol. The fraction of sp³-hybridized carbons (Fsp3) is 0.316. The van der Waals surface area contributed by atoms with Crippen LogP contribution in [0.1, 0.15) is 31.2 Å². The van der Waals surface area contributed by atoms with Gasteiger partial charge in [0, 0.05) is 18.3 Å². The third-order valence-corrected chi connectivity index (χ3v) is 4.79. The highest BCUT2D eigenvalue weighted by Gasteiger charge is 2.31. The van der Waals surface area contributed by atoms with Crippen LogP contribution in [0.2, 0.25) is 0 Å². The number of aliphatic hydroxyl groups excluding tert-OH is 1. The Morgan fingerprint density at radius 1 is 1.31 bits per heavy atom. The van der Waals surface area contributed by atoms with Gasteiger partial charge < -0.3 is 9.84 Å². The van der Waals surface area contributed by atoms with Crippen molar-refractivity contribution in [2.45, 2.75) is 31.1 Å². The molecule has 1 aliphatic rings. The lowest BCUT2D eigenvalue weighted by Gasteiger charge is -2.09. The number of hydrogen-bond donors (Lipinski definition) is 2. The normalized spacial score (nSPS) is 21.2. The average Bonchev–Trinajstić information content (AvgIpc) is 2.88. The minimum atomic E-state index is -1.51. The molecule has 26 heavy (non-hydrogen) atoms. The maximum atomic E-state index is 11.7. The van der Waals surface area contributed by atoms with Gasteiger partial charge in [0.2, 0.25) is 5.91 Å². The van der Waals surface area contributed by atoms with Gasteiger partial charge in [0.05, 0.1) is 19.3 Å². The predicted molar refractivity (Wildman–Crippen MR) is 99.1 cm³/mol. The van der Waals surface area contributed by atoms with Gasteiger partial charge in [-0.2, -0.15) is 0 Å². The summed E-state index contributed by atoms with van der Waals surface area (Å²) in [6, 6.07) is 10.9. The Morgan fingerprint density at radius 2 is 2.08 bits per heavy atom. The Labute approximate surface area is 157 Å². The van der Waals surface area contributed by atoms with E-state index in [1.807, 2.05) is 12.1 Å². The molecule has 1 saturated heterocycles. The lowest BCUT2D eigenvalue weighted by Crippen LogP contribution is -2.25. The van der Waals surface area contributed by atoms with Crippen molar-refractivity contribution in [3.8, 4) is 5.75 Å². The van der Waals surface area contributed by atoms with E-state index in [4.69, 9.17) is 6.11 Å². The highest BCUT2D eigenvalue weighted by molar-refractivity contribution is 8.15. The van der Waals surface area contributed by atoms with E-state index in [2.05, 4.69) is 10.3 Å². The summed E-state index contributed by atoms with van der Waals surface area (Å²) < 4.78 is 13.8. The summed E-state index contributed by atoms with van der Waals surface area (Å²) in [6.45, 7) is 2.15. The molecule has 6 nitrogen and oxygen atoms in total. The lowest BCUT2D eigenvalue weighted by molar-refractivity contribution is -0.118. The van der Waals surface area contributed by atoms with Crippen LogP contribution in [0, 0.1) is 0 Å². The van der Waals surface area contributed by atoms with Gasteiger partial charge >= 0.3 is 0 Å². The first-order valence-electron chi connectivity index (χ1n) is 8.75. The topological polar surface area (TPSA) is 88.5 Å². The van der Waals surface area contributed by atoms with Gasteiger partial charge in [-0.1, -0.05) is 30.0 Å². The number of carbonyl (C=O) groups is 2. The van der Waals surface area contributed by atoms with Crippen LogP contribution < -0.4 is 10.1 Å². The minimum absolute atomic E-state index is 0.148. The molecule has 1 fully saturated rings. The number of aliphatic hydroxyl groups is 1. The molecule has 2 heterocycles. The van der Waals surface area contributed by atoms with Gasteiger partial charge in [0.25, 0.3) is 5.24 Å². The second-order valence-electron chi connectivity index (χ2n) is 5.94. The predicted octanol–water partition coefficient (Wildman–Crippen LogP) is 2.65. The van der Waals surface area contributed by atoms with Crippen LogP contribution in [0.25, 0.3) is 0 Å². The van der Waals surface area contributed by atoms with E-state index in [9.17, 15) is 14.7 Å².